The summed E-state index contributed by atoms with van der Waals surface area (Å²) in [4.78, 5) is 29.3. The van der Waals surface area contributed by atoms with Gasteiger partial charge in [-0.3, -0.25) is 9.78 Å². The molecular formula is C15H19FN2O3. The van der Waals surface area contributed by atoms with E-state index < -0.39 is 18.4 Å². The Morgan fingerprint density at radius 3 is 2.67 bits per heavy atom. The third kappa shape index (κ3) is 3.77. The molecule has 0 unspecified atom stereocenters. The van der Waals surface area contributed by atoms with E-state index in [9.17, 15) is 14.0 Å². The Labute approximate surface area is 123 Å². The van der Waals surface area contributed by atoms with Crippen LogP contribution in [0.4, 0.5) is 9.18 Å². The summed E-state index contributed by atoms with van der Waals surface area (Å²) >= 11 is 0. The van der Waals surface area contributed by atoms with Crippen molar-refractivity contribution in [1.82, 2.24) is 9.88 Å². The van der Waals surface area contributed by atoms with Gasteiger partial charge in [0, 0.05) is 24.8 Å². The summed E-state index contributed by atoms with van der Waals surface area (Å²) in [6.07, 6.45) is 1.01. The van der Waals surface area contributed by atoms with E-state index in [0.717, 1.165) is 0 Å². The average Bonchev–Trinajstić information content (AvgIpc) is 2.34. The largest absolute Gasteiger partial charge is 0.444 e. The van der Waals surface area contributed by atoms with Crippen LogP contribution in [0.15, 0.2) is 18.3 Å². The molecular weight excluding hydrogens is 275 g/mol. The lowest BCUT2D eigenvalue weighted by atomic mass is 9.91. The van der Waals surface area contributed by atoms with E-state index in [1.54, 1.807) is 26.8 Å². The number of rotatable bonds is 3. The highest BCUT2D eigenvalue weighted by atomic mass is 19.1. The van der Waals surface area contributed by atoms with Crippen molar-refractivity contribution in [3.05, 3.63) is 29.6 Å². The molecule has 1 saturated heterocycles. The molecule has 0 N–H and O–H groups in total. The summed E-state index contributed by atoms with van der Waals surface area (Å²) in [5, 5.41) is 0. The van der Waals surface area contributed by atoms with Crippen LogP contribution in [0.25, 0.3) is 0 Å². The number of likely N-dealkylation sites (tertiary alicyclic amines) is 1. The van der Waals surface area contributed by atoms with Crippen LogP contribution in [0.3, 0.4) is 0 Å². The molecule has 0 radical (unpaired) electrons. The minimum Gasteiger partial charge on any atom is -0.444 e. The van der Waals surface area contributed by atoms with Crippen LogP contribution in [0.2, 0.25) is 0 Å². The number of carbonyl (C=O) groups excluding carboxylic acids is 2. The van der Waals surface area contributed by atoms with Gasteiger partial charge in [-0.25, -0.2) is 9.18 Å². The molecule has 2 heterocycles. The van der Waals surface area contributed by atoms with E-state index in [-0.39, 0.29) is 17.4 Å². The lowest BCUT2D eigenvalue weighted by molar-refractivity contribution is 0.00148. The Morgan fingerprint density at radius 2 is 2.10 bits per heavy atom. The maximum Gasteiger partial charge on any atom is 0.410 e. The second kappa shape index (κ2) is 5.79. The molecule has 114 valence electrons. The zero-order chi connectivity index (χ0) is 15.6. The molecule has 1 aromatic heterocycles. The number of amides is 1. The highest BCUT2D eigenvalue weighted by Gasteiger charge is 2.38. The molecule has 0 saturated carbocycles. The quantitative estimate of drug-likeness (QED) is 0.804. The SMILES string of the molecule is CC(C)(C)OC(=O)N1CC(C(=O)c2ccnc(CF)c2)C1. The molecule has 1 amide bonds. The van der Waals surface area contributed by atoms with Crippen molar-refractivity contribution < 1.29 is 18.7 Å². The van der Waals surface area contributed by atoms with Crippen molar-refractivity contribution in [1.29, 1.82) is 0 Å². The van der Waals surface area contributed by atoms with Crippen LogP contribution in [-0.2, 0) is 11.4 Å². The number of halogens is 1. The Balaban J connectivity index is 1.92. The molecule has 2 rings (SSSR count). The van der Waals surface area contributed by atoms with E-state index in [1.807, 2.05) is 0 Å². The van der Waals surface area contributed by atoms with E-state index in [0.29, 0.717) is 18.7 Å². The van der Waals surface area contributed by atoms with Crippen LogP contribution in [0.5, 0.6) is 0 Å². The van der Waals surface area contributed by atoms with Crippen molar-refractivity contribution in [3.8, 4) is 0 Å². The smallest absolute Gasteiger partial charge is 0.410 e. The minimum absolute atomic E-state index is 0.0908. The second-order valence-electron chi connectivity index (χ2n) is 6.12. The average molecular weight is 294 g/mol. The molecule has 1 aliphatic rings. The van der Waals surface area contributed by atoms with Crippen molar-refractivity contribution in [3.63, 3.8) is 0 Å². The number of carbonyl (C=O) groups is 2. The zero-order valence-corrected chi connectivity index (χ0v) is 12.4. The maximum atomic E-state index is 12.5. The molecule has 0 aliphatic carbocycles. The van der Waals surface area contributed by atoms with Gasteiger partial charge in [-0.2, -0.15) is 0 Å². The third-order valence-corrected chi connectivity index (χ3v) is 3.14. The first kappa shape index (κ1) is 15.4. The van der Waals surface area contributed by atoms with Crippen LogP contribution in [0.1, 0.15) is 36.8 Å². The normalized spacial score (nSPS) is 15.5. The topological polar surface area (TPSA) is 59.5 Å². The Hall–Kier alpha value is -1.98. The van der Waals surface area contributed by atoms with Gasteiger partial charge in [0.25, 0.3) is 0 Å². The Bertz CT molecular complexity index is 548. The second-order valence-corrected chi connectivity index (χ2v) is 6.12. The zero-order valence-electron chi connectivity index (χ0n) is 12.4. The molecule has 0 aromatic carbocycles. The predicted molar refractivity (Wildman–Crippen MR) is 74.7 cm³/mol. The number of nitrogens with zero attached hydrogens (tertiary/aromatic N) is 2. The van der Waals surface area contributed by atoms with Gasteiger partial charge in [0.1, 0.15) is 12.3 Å². The van der Waals surface area contributed by atoms with E-state index in [4.69, 9.17) is 4.74 Å². The van der Waals surface area contributed by atoms with Crippen LogP contribution in [0, 0.1) is 5.92 Å². The number of aromatic nitrogens is 1. The first-order valence-electron chi connectivity index (χ1n) is 6.83. The van der Waals surface area contributed by atoms with Gasteiger partial charge in [0.05, 0.1) is 11.6 Å². The predicted octanol–water partition coefficient (Wildman–Crippen LogP) is 2.60. The van der Waals surface area contributed by atoms with Gasteiger partial charge in [-0.05, 0) is 32.9 Å². The molecule has 1 aliphatic heterocycles. The fourth-order valence-electron chi connectivity index (χ4n) is 2.06. The number of hydrogen-bond donors (Lipinski definition) is 0. The van der Waals surface area contributed by atoms with Gasteiger partial charge in [0.2, 0.25) is 0 Å². The molecule has 21 heavy (non-hydrogen) atoms. The highest BCUT2D eigenvalue weighted by molar-refractivity contribution is 5.99. The van der Waals surface area contributed by atoms with Crippen LogP contribution >= 0.6 is 0 Å². The first-order valence-corrected chi connectivity index (χ1v) is 6.83. The molecule has 0 bridgehead atoms. The first-order chi connectivity index (χ1) is 9.80. The fraction of sp³-hybridized carbons (Fsp3) is 0.533. The number of hydrogen-bond acceptors (Lipinski definition) is 4. The van der Waals surface area contributed by atoms with Gasteiger partial charge >= 0.3 is 6.09 Å². The van der Waals surface area contributed by atoms with Gasteiger partial charge in [-0.1, -0.05) is 0 Å². The van der Waals surface area contributed by atoms with Crippen molar-refractivity contribution >= 4 is 11.9 Å². The maximum absolute atomic E-state index is 12.5. The van der Waals surface area contributed by atoms with Gasteiger partial charge in [0.15, 0.2) is 5.78 Å². The molecule has 0 spiro atoms. The lowest BCUT2D eigenvalue weighted by Crippen LogP contribution is -2.54. The summed E-state index contributed by atoms with van der Waals surface area (Å²) in [5.74, 6) is -0.348. The number of ether oxygens (including phenoxy) is 1. The molecule has 1 fully saturated rings. The number of alkyl halides is 1. The van der Waals surface area contributed by atoms with E-state index >= 15 is 0 Å². The number of Topliss-reactive ketones (excluding diaryl/α,β-unsaturated/α-hetero) is 1. The summed E-state index contributed by atoms with van der Waals surface area (Å²) in [5.41, 5.74) is 0.128. The summed E-state index contributed by atoms with van der Waals surface area (Å²) < 4.78 is 17.8. The standard InChI is InChI=1S/C15H19FN2O3/c1-15(2,3)21-14(20)18-8-11(9-18)13(19)10-4-5-17-12(6-10)7-16/h4-6,11H,7-9H2,1-3H3. The highest BCUT2D eigenvalue weighted by Crippen LogP contribution is 2.23. The number of pyridine rings is 1. The minimum atomic E-state index is -0.699. The van der Waals surface area contributed by atoms with E-state index in [1.165, 1.54) is 17.2 Å². The Morgan fingerprint density at radius 1 is 1.43 bits per heavy atom. The lowest BCUT2D eigenvalue weighted by Gasteiger charge is -2.38. The fourth-order valence-corrected chi connectivity index (χ4v) is 2.06. The van der Waals surface area contributed by atoms with Crippen molar-refractivity contribution in [2.75, 3.05) is 13.1 Å². The van der Waals surface area contributed by atoms with Gasteiger partial charge < -0.3 is 9.64 Å². The molecule has 1 aromatic rings. The monoisotopic (exact) mass is 294 g/mol. The van der Waals surface area contributed by atoms with Crippen molar-refractivity contribution in [2.45, 2.75) is 33.0 Å². The molecule has 5 nitrogen and oxygen atoms in total. The summed E-state index contributed by atoms with van der Waals surface area (Å²) in [6, 6.07) is 3.02. The summed E-state index contributed by atoms with van der Waals surface area (Å²) in [6.45, 7) is 5.35. The Kier molecular flexibility index (Phi) is 4.25. The third-order valence-electron chi connectivity index (χ3n) is 3.14. The molecule has 6 heteroatoms. The van der Waals surface area contributed by atoms with Crippen molar-refractivity contribution in [2.24, 2.45) is 5.92 Å². The van der Waals surface area contributed by atoms with E-state index in [2.05, 4.69) is 4.98 Å². The number of ketones is 1. The van der Waals surface area contributed by atoms with Crippen LogP contribution in [-0.4, -0.2) is 40.5 Å². The van der Waals surface area contributed by atoms with Gasteiger partial charge in [-0.15, -0.1) is 0 Å². The van der Waals surface area contributed by atoms with Crippen LogP contribution < -0.4 is 0 Å². The summed E-state index contributed by atoms with van der Waals surface area (Å²) in [7, 11) is 0. The molecule has 0 atom stereocenters.